The number of amides is 1. The topological polar surface area (TPSA) is 65.4 Å². The van der Waals surface area contributed by atoms with E-state index in [9.17, 15) is 4.79 Å². The second-order valence-electron chi connectivity index (χ2n) is 6.85. The second-order valence-corrected chi connectivity index (χ2v) is 6.85. The third-order valence-electron chi connectivity index (χ3n) is 5.01. The van der Waals surface area contributed by atoms with Crippen LogP contribution in [0.4, 0.5) is 0 Å². The van der Waals surface area contributed by atoms with Crippen molar-refractivity contribution in [3.05, 3.63) is 84.2 Å². The number of methoxy groups -OCH3 is 2. The highest BCUT2D eigenvalue weighted by Gasteiger charge is 2.09. The van der Waals surface area contributed by atoms with Gasteiger partial charge in [0.15, 0.2) is 11.5 Å². The summed E-state index contributed by atoms with van der Waals surface area (Å²) in [7, 11) is 3.22. The quantitative estimate of drug-likeness (QED) is 0.508. The van der Waals surface area contributed by atoms with Crippen molar-refractivity contribution in [2.75, 3.05) is 20.8 Å². The van der Waals surface area contributed by atoms with Crippen molar-refractivity contribution in [2.45, 2.75) is 6.42 Å². The van der Waals surface area contributed by atoms with Gasteiger partial charge in [0.05, 0.1) is 25.3 Å². The molecule has 1 heterocycles. The van der Waals surface area contributed by atoms with Crippen molar-refractivity contribution >= 4 is 16.9 Å². The van der Waals surface area contributed by atoms with E-state index in [1.807, 2.05) is 71.3 Å². The molecule has 0 saturated carbocycles. The van der Waals surface area contributed by atoms with Gasteiger partial charge in [0.2, 0.25) is 0 Å². The molecule has 0 spiro atoms. The van der Waals surface area contributed by atoms with Crippen LogP contribution in [0.15, 0.2) is 73.1 Å². The van der Waals surface area contributed by atoms with Crippen molar-refractivity contribution in [3.63, 3.8) is 0 Å². The molecule has 0 unspecified atom stereocenters. The summed E-state index contributed by atoms with van der Waals surface area (Å²) in [6, 6.07) is 21.2. The number of carbonyl (C=O) groups is 1. The first kappa shape index (κ1) is 19.5. The lowest BCUT2D eigenvalue weighted by Crippen LogP contribution is -2.25. The van der Waals surface area contributed by atoms with Crippen LogP contribution >= 0.6 is 0 Å². The number of imidazole rings is 1. The summed E-state index contributed by atoms with van der Waals surface area (Å²) in [4.78, 5) is 16.9. The molecule has 6 nitrogen and oxygen atoms in total. The molecular weight excluding hydrogens is 378 g/mol. The molecule has 30 heavy (non-hydrogen) atoms. The number of nitrogens with zero attached hydrogens (tertiary/aromatic N) is 2. The summed E-state index contributed by atoms with van der Waals surface area (Å²) in [5.74, 6) is 1.28. The molecule has 0 radical (unpaired) electrons. The lowest BCUT2D eigenvalue weighted by atomic mass is 10.1. The summed E-state index contributed by atoms with van der Waals surface area (Å²) in [5.41, 5.74) is 4.62. The van der Waals surface area contributed by atoms with E-state index in [0.717, 1.165) is 22.3 Å². The molecule has 0 fully saturated rings. The van der Waals surface area contributed by atoms with E-state index in [-0.39, 0.29) is 5.91 Å². The Morgan fingerprint density at radius 3 is 2.50 bits per heavy atom. The molecular formula is C24H23N3O3. The van der Waals surface area contributed by atoms with E-state index in [1.165, 1.54) is 0 Å². The van der Waals surface area contributed by atoms with Crippen LogP contribution in [0.25, 0.3) is 16.7 Å². The standard InChI is InChI=1S/C24H23N3O3/c1-29-22-12-7-17(15-23(22)30-2)13-14-25-24(28)18-8-10-19(11-9-18)27-16-26-20-5-3-4-6-21(20)27/h3-12,15-16H,13-14H2,1-2H3,(H,25,28). The van der Waals surface area contributed by atoms with Crippen LogP contribution in [0.3, 0.4) is 0 Å². The fraction of sp³-hybridized carbons (Fsp3) is 0.167. The maximum atomic E-state index is 12.5. The molecule has 0 aliphatic rings. The average Bonchev–Trinajstić information content (AvgIpc) is 3.23. The number of aromatic nitrogens is 2. The Morgan fingerprint density at radius 1 is 0.967 bits per heavy atom. The van der Waals surface area contributed by atoms with Gasteiger partial charge >= 0.3 is 0 Å². The zero-order valence-corrected chi connectivity index (χ0v) is 17.0. The minimum absolute atomic E-state index is 0.0995. The molecule has 0 aliphatic carbocycles. The Labute approximate surface area is 175 Å². The second kappa shape index (κ2) is 8.69. The maximum Gasteiger partial charge on any atom is 0.251 e. The Balaban J connectivity index is 1.38. The largest absolute Gasteiger partial charge is 0.493 e. The number of benzene rings is 3. The van der Waals surface area contributed by atoms with Crippen molar-refractivity contribution in [3.8, 4) is 17.2 Å². The minimum atomic E-state index is -0.0995. The summed E-state index contributed by atoms with van der Waals surface area (Å²) in [5, 5.41) is 2.97. The van der Waals surface area contributed by atoms with E-state index in [4.69, 9.17) is 9.47 Å². The number of hydrogen-bond donors (Lipinski definition) is 1. The van der Waals surface area contributed by atoms with Gasteiger partial charge in [0, 0.05) is 17.8 Å². The zero-order valence-electron chi connectivity index (χ0n) is 17.0. The number of ether oxygens (including phenoxy) is 2. The summed E-state index contributed by atoms with van der Waals surface area (Å²) in [6.07, 6.45) is 2.49. The van der Waals surface area contributed by atoms with Gasteiger partial charge in [0.1, 0.15) is 6.33 Å². The predicted molar refractivity (Wildman–Crippen MR) is 117 cm³/mol. The van der Waals surface area contributed by atoms with Crippen LogP contribution in [0.1, 0.15) is 15.9 Å². The average molecular weight is 401 g/mol. The molecule has 1 N–H and O–H groups in total. The molecule has 0 bridgehead atoms. The number of para-hydroxylation sites is 2. The van der Waals surface area contributed by atoms with Crippen molar-refractivity contribution < 1.29 is 14.3 Å². The van der Waals surface area contributed by atoms with Gasteiger partial charge in [-0.05, 0) is 60.5 Å². The van der Waals surface area contributed by atoms with Gasteiger partial charge in [-0.3, -0.25) is 9.36 Å². The summed E-state index contributed by atoms with van der Waals surface area (Å²) in [6.45, 7) is 0.530. The smallest absolute Gasteiger partial charge is 0.251 e. The predicted octanol–water partition coefficient (Wildman–Crippen LogP) is 4.02. The van der Waals surface area contributed by atoms with E-state index in [0.29, 0.717) is 30.0 Å². The Hall–Kier alpha value is -3.80. The number of hydrogen-bond acceptors (Lipinski definition) is 4. The van der Waals surface area contributed by atoms with E-state index < -0.39 is 0 Å². The first-order chi connectivity index (χ1) is 14.7. The SMILES string of the molecule is COc1ccc(CCNC(=O)c2ccc(-n3cnc4ccccc43)cc2)cc1OC. The lowest BCUT2D eigenvalue weighted by molar-refractivity contribution is 0.0954. The van der Waals surface area contributed by atoms with Gasteiger partial charge in [-0.2, -0.15) is 0 Å². The normalized spacial score (nSPS) is 10.7. The minimum Gasteiger partial charge on any atom is -0.493 e. The van der Waals surface area contributed by atoms with Crippen molar-refractivity contribution in [1.29, 1.82) is 0 Å². The number of fused-ring (bicyclic) bond motifs is 1. The van der Waals surface area contributed by atoms with Crippen LogP contribution in [0.2, 0.25) is 0 Å². The van der Waals surface area contributed by atoms with Crippen molar-refractivity contribution in [2.24, 2.45) is 0 Å². The van der Waals surface area contributed by atoms with Gasteiger partial charge in [-0.15, -0.1) is 0 Å². The first-order valence-electron chi connectivity index (χ1n) is 9.71. The summed E-state index contributed by atoms with van der Waals surface area (Å²) < 4.78 is 12.6. The van der Waals surface area contributed by atoms with Crippen LogP contribution in [-0.2, 0) is 6.42 Å². The molecule has 6 heteroatoms. The van der Waals surface area contributed by atoms with Crippen LogP contribution in [0.5, 0.6) is 11.5 Å². The molecule has 152 valence electrons. The molecule has 4 aromatic rings. The molecule has 1 aromatic heterocycles. The monoisotopic (exact) mass is 401 g/mol. The number of rotatable bonds is 7. The third-order valence-corrected chi connectivity index (χ3v) is 5.01. The highest BCUT2D eigenvalue weighted by atomic mass is 16.5. The van der Waals surface area contributed by atoms with Crippen LogP contribution in [-0.4, -0.2) is 36.2 Å². The summed E-state index contributed by atoms with van der Waals surface area (Å²) >= 11 is 0. The lowest BCUT2D eigenvalue weighted by Gasteiger charge is -2.10. The Kier molecular flexibility index (Phi) is 5.66. The van der Waals surface area contributed by atoms with Gasteiger partial charge in [-0.25, -0.2) is 4.98 Å². The Morgan fingerprint density at radius 2 is 1.73 bits per heavy atom. The molecule has 0 atom stereocenters. The molecule has 0 saturated heterocycles. The van der Waals surface area contributed by atoms with Gasteiger partial charge in [0.25, 0.3) is 5.91 Å². The Bertz CT molecular complexity index is 1170. The highest BCUT2D eigenvalue weighted by molar-refractivity contribution is 5.94. The van der Waals surface area contributed by atoms with Crippen molar-refractivity contribution in [1.82, 2.24) is 14.9 Å². The van der Waals surface area contributed by atoms with E-state index in [2.05, 4.69) is 10.3 Å². The molecule has 3 aromatic carbocycles. The first-order valence-corrected chi connectivity index (χ1v) is 9.71. The number of carbonyl (C=O) groups excluding carboxylic acids is 1. The highest BCUT2D eigenvalue weighted by Crippen LogP contribution is 2.27. The number of nitrogens with one attached hydrogen (secondary N) is 1. The van der Waals surface area contributed by atoms with Gasteiger partial charge < -0.3 is 14.8 Å². The molecule has 0 aliphatic heterocycles. The molecule has 4 rings (SSSR count). The fourth-order valence-corrected chi connectivity index (χ4v) is 3.40. The van der Waals surface area contributed by atoms with Crippen LogP contribution < -0.4 is 14.8 Å². The fourth-order valence-electron chi connectivity index (χ4n) is 3.40. The maximum absolute atomic E-state index is 12.5. The van der Waals surface area contributed by atoms with E-state index in [1.54, 1.807) is 20.5 Å². The van der Waals surface area contributed by atoms with Gasteiger partial charge in [-0.1, -0.05) is 18.2 Å². The van der Waals surface area contributed by atoms with E-state index >= 15 is 0 Å². The third kappa shape index (κ3) is 3.98. The van der Waals surface area contributed by atoms with Crippen LogP contribution in [0, 0.1) is 0 Å². The molecule has 1 amide bonds. The zero-order chi connectivity index (χ0) is 20.9.